The van der Waals surface area contributed by atoms with Crippen LogP contribution >= 0.6 is 36.2 Å². The number of amides is 1. The highest BCUT2D eigenvalue weighted by molar-refractivity contribution is 7.13. The predicted octanol–water partition coefficient (Wildman–Crippen LogP) is 3.10. The fraction of sp³-hybridized carbons (Fsp3) is 0.375. The summed E-state index contributed by atoms with van der Waals surface area (Å²) in [5, 5.41) is 6.96. The first-order valence-electron chi connectivity index (χ1n) is 7.48. The predicted molar refractivity (Wildman–Crippen MR) is 101 cm³/mol. The van der Waals surface area contributed by atoms with Crippen molar-refractivity contribution in [3.63, 3.8) is 0 Å². The molecule has 1 amide bonds. The zero-order valence-electron chi connectivity index (χ0n) is 13.6. The average molecular weight is 408 g/mol. The maximum atomic E-state index is 12.8. The van der Waals surface area contributed by atoms with Crippen molar-refractivity contribution in [2.45, 2.75) is 26.0 Å². The summed E-state index contributed by atoms with van der Waals surface area (Å²) in [6, 6.07) is 6.00. The molecule has 1 aliphatic heterocycles. The Labute approximate surface area is 162 Å². The second-order valence-corrected chi connectivity index (χ2v) is 6.51. The van der Waals surface area contributed by atoms with Gasteiger partial charge in [-0.15, -0.1) is 36.2 Å². The molecule has 0 aliphatic carbocycles. The van der Waals surface area contributed by atoms with Crippen LogP contribution in [0.2, 0.25) is 0 Å². The third kappa shape index (κ3) is 5.81. The Kier molecular flexibility index (Phi) is 8.58. The Balaban J connectivity index is 0.00000156. The van der Waals surface area contributed by atoms with Gasteiger partial charge in [0.05, 0.1) is 5.69 Å². The molecule has 0 radical (unpaired) electrons. The molecule has 1 fully saturated rings. The normalized spacial score (nSPS) is 15.8. The van der Waals surface area contributed by atoms with Crippen molar-refractivity contribution in [3.8, 4) is 5.75 Å². The van der Waals surface area contributed by atoms with Gasteiger partial charge in [-0.1, -0.05) is 0 Å². The zero-order chi connectivity index (χ0) is 16.2. The van der Waals surface area contributed by atoms with Crippen LogP contribution in [0.15, 0.2) is 24.3 Å². The smallest absolute Gasteiger partial charge is 0.263 e. The number of carbonyl (C=O) groups is 1. The lowest BCUT2D eigenvalue weighted by molar-refractivity contribution is 0.0943. The summed E-state index contributed by atoms with van der Waals surface area (Å²) >= 11 is 1.33. The van der Waals surface area contributed by atoms with Gasteiger partial charge >= 0.3 is 0 Å². The monoisotopic (exact) mass is 407 g/mol. The largest absolute Gasteiger partial charge is 0.486 e. The lowest BCUT2D eigenvalue weighted by Gasteiger charge is -2.10. The summed E-state index contributed by atoms with van der Waals surface area (Å²) in [4.78, 5) is 17.3. The van der Waals surface area contributed by atoms with Crippen LogP contribution in [0.4, 0.5) is 4.39 Å². The molecule has 1 saturated heterocycles. The van der Waals surface area contributed by atoms with Crippen molar-refractivity contribution in [1.82, 2.24) is 15.6 Å². The standard InChI is InChI=1S/C16H18FN3O2S.2ClH/c1-10-15(16(21)20-12-6-7-18-8-12)23-14(19-10)9-22-13-4-2-11(17)3-5-13;;/h2-5,12,18H,6-9H2,1H3,(H,20,21);2*1H. The number of benzene rings is 1. The second kappa shape index (κ2) is 9.91. The van der Waals surface area contributed by atoms with Gasteiger partial charge in [0.25, 0.3) is 5.91 Å². The SMILES string of the molecule is Cc1nc(COc2ccc(F)cc2)sc1C(=O)NC1CCNC1.Cl.Cl. The number of nitrogens with one attached hydrogen (secondary N) is 2. The third-order valence-electron chi connectivity index (χ3n) is 3.62. The van der Waals surface area contributed by atoms with Crippen LogP contribution in [0.3, 0.4) is 0 Å². The molecule has 0 bridgehead atoms. The highest BCUT2D eigenvalue weighted by atomic mass is 35.5. The summed E-state index contributed by atoms with van der Waals surface area (Å²) in [6.45, 7) is 3.82. The van der Waals surface area contributed by atoms with Crippen molar-refractivity contribution in [3.05, 3.63) is 45.7 Å². The highest BCUT2D eigenvalue weighted by Gasteiger charge is 2.21. The number of hydrogen-bond acceptors (Lipinski definition) is 5. The summed E-state index contributed by atoms with van der Waals surface area (Å²) in [5.74, 6) is 0.187. The first-order chi connectivity index (χ1) is 11.1. The van der Waals surface area contributed by atoms with Gasteiger partial charge in [-0.05, 0) is 44.2 Å². The molecule has 2 heterocycles. The van der Waals surface area contributed by atoms with Gasteiger partial charge in [0.1, 0.15) is 28.1 Å². The van der Waals surface area contributed by atoms with E-state index in [1.807, 2.05) is 6.92 Å². The van der Waals surface area contributed by atoms with Gasteiger partial charge in [-0.2, -0.15) is 0 Å². The molecular formula is C16H20Cl2FN3O2S. The van der Waals surface area contributed by atoms with Crippen LogP contribution in [0.1, 0.15) is 26.8 Å². The molecule has 1 aromatic heterocycles. The van der Waals surface area contributed by atoms with Gasteiger partial charge in [0.2, 0.25) is 0 Å². The van der Waals surface area contributed by atoms with E-state index in [0.29, 0.717) is 16.3 Å². The summed E-state index contributed by atoms with van der Waals surface area (Å²) in [5.41, 5.74) is 0.705. The maximum Gasteiger partial charge on any atom is 0.263 e. The molecular weight excluding hydrogens is 388 g/mol. The van der Waals surface area contributed by atoms with Crippen molar-refractivity contribution >= 4 is 42.1 Å². The number of aryl methyl sites for hydroxylation is 1. The number of hydrogen-bond donors (Lipinski definition) is 2. The minimum absolute atomic E-state index is 0. The van der Waals surface area contributed by atoms with Crippen molar-refractivity contribution in [2.24, 2.45) is 0 Å². The van der Waals surface area contributed by atoms with E-state index in [2.05, 4.69) is 15.6 Å². The molecule has 9 heteroatoms. The molecule has 0 spiro atoms. The number of halogens is 3. The number of rotatable bonds is 5. The number of thiazole rings is 1. The number of carbonyl (C=O) groups excluding carboxylic acids is 1. The van der Waals surface area contributed by atoms with Gasteiger partial charge in [0.15, 0.2) is 0 Å². The van der Waals surface area contributed by atoms with E-state index >= 15 is 0 Å². The second-order valence-electron chi connectivity index (χ2n) is 5.43. The number of aromatic nitrogens is 1. The van der Waals surface area contributed by atoms with Crippen LogP contribution in [-0.4, -0.2) is 30.0 Å². The molecule has 1 atom stereocenters. The first kappa shape index (κ1) is 21.6. The molecule has 2 aromatic rings. The Morgan fingerprint density at radius 2 is 2.12 bits per heavy atom. The lowest BCUT2D eigenvalue weighted by Crippen LogP contribution is -2.36. The van der Waals surface area contributed by atoms with E-state index in [-0.39, 0.29) is 49.2 Å². The average Bonchev–Trinajstić information content (AvgIpc) is 3.16. The molecule has 1 unspecified atom stereocenters. The Hall–Kier alpha value is -1.41. The van der Waals surface area contributed by atoms with Gasteiger partial charge in [0, 0.05) is 12.6 Å². The lowest BCUT2D eigenvalue weighted by atomic mass is 10.2. The van der Waals surface area contributed by atoms with Crippen LogP contribution in [0.25, 0.3) is 0 Å². The highest BCUT2D eigenvalue weighted by Crippen LogP contribution is 2.21. The first-order valence-corrected chi connectivity index (χ1v) is 8.30. The van der Waals surface area contributed by atoms with E-state index in [1.165, 1.54) is 23.5 Å². The summed E-state index contributed by atoms with van der Waals surface area (Å²) in [7, 11) is 0. The van der Waals surface area contributed by atoms with Crippen LogP contribution in [-0.2, 0) is 6.61 Å². The summed E-state index contributed by atoms with van der Waals surface area (Å²) in [6.07, 6.45) is 0.949. The zero-order valence-corrected chi connectivity index (χ0v) is 16.0. The van der Waals surface area contributed by atoms with Crippen LogP contribution < -0.4 is 15.4 Å². The fourth-order valence-electron chi connectivity index (χ4n) is 2.43. The minimum Gasteiger partial charge on any atom is -0.486 e. The van der Waals surface area contributed by atoms with E-state index in [9.17, 15) is 9.18 Å². The van der Waals surface area contributed by atoms with Crippen LogP contribution in [0.5, 0.6) is 5.75 Å². The fourth-order valence-corrected chi connectivity index (χ4v) is 3.31. The number of nitrogens with zero attached hydrogens (tertiary/aromatic N) is 1. The topological polar surface area (TPSA) is 63.2 Å². The van der Waals surface area contributed by atoms with Crippen LogP contribution in [0, 0.1) is 12.7 Å². The quantitative estimate of drug-likeness (QED) is 0.798. The Bertz CT molecular complexity index is 691. The minimum atomic E-state index is -0.303. The number of ether oxygens (including phenoxy) is 1. The molecule has 0 saturated carbocycles. The molecule has 3 rings (SSSR count). The summed E-state index contributed by atoms with van der Waals surface area (Å²) < 4.78 is 18.4. The van der Waals surface area contributed by atoms with E-state index in [0.717, 1.165) is 24.5 Å². The van der Waals surface area contributed by atoms with Gasteiger partial charge in [-0.25, -0.2) is 9.37 Å². The van der Waals surface area contributed by atoms with E-state index in [4.69, 9.17) is 4.74 Å². The molecule has 5 nitrogen and oxygen atoms in total. The molecule has 2 N–H and O–H groups in total. The molecule has 1 aliphatic rings. The van der Waals surface area contributed by atoms with E-state index < -0.39 is 0 Å². The molecule has 25 heavy (non-hydrogen) atoms. The third-order valence-corrected chi connectivity index (χ3v) is 4.75. The van der Waals surface area contributed by atoms with E-state index in [1.54, 1.807) is 12.1 Å². The molecule has 138 valence electrons. The van der Waals surface area contributed by atoms with Gasteiger partial charge in [-0.3, -0.25) is 4.79 Å². The molecule has 1 aromatic carbocycles. The van der Waals surface area contributed by atoms with Crippen molar-refractivity contribution in [2.75, 3.05) is 13.1 Å². The van der Waals surface area contributed by atoms with Crippen molar-refractivity contribution in [1.29, 1.82) is 0 Å². The van der Waals surface area contributed by atoms with Gasteiger partial charge < -0.3 is 15.4 Å². The Morgan fingerprint density at radius 1 is 1.40 bits per heavy atom. The Morgan fingerprint density at radius 3 is 2.76 bits per heavy atom. The van der Waals surface area contributed by atoms with Crippen molar-refractivity contribution < 1.29 is 13.9 Å². The maximum absolute atomic E-state index is 12.8.